The maximum atomic E-state index is 12.3. The van der Waals surface area contributed by atoms with Gasteiger partial charge in [0.25, 0.3) is 0 Å². The fourth-order valence-corrected chi connectivity index (χ4v) is 0.726. The minimum absolute atomic E-state index is 0.279. The van der Waals surface area contributed by atoms with Gasteiger partial charge in [-0.3, -0.25) is 5.11 Å². The number of alkyl halides is 3. The minimum atomic E-state index is -4.67. The van der Waals surface area contributed by atoms with Crippen LogP contribution in [-0.4, -0.2) is 0 Å². The van der Waals surface area contributed by atoms with E-state index < -0.39 is 23.3 Å². The van der Waals surface area contributed by atoms with Gasteiger partial charge in [-0.25, -0.2) is 4.39 Å². The van der Waals surface area contributed by atoms with Crippen LogP contribution in [0, 0.1) is 5.82 Å². The monoisotopic (exact) mass is 179 g/mol. The van der Waals surface area contributed by atoms with E-state index in [1.54, 1.807) is 0 Å². The van der Waals surface area contributed by atoms with Gasteiger partial charge >= 0.3 is 6.18 Å². The third-order valence-corrected chi connectivity index (χ3v) is 1.20. The highest BCUT2D eigenvalue weighted by Crippen LogP contribution is 2.31. The maximum Gasteiger partial charge on any atom is 0.416 e. The fourth-order valence-electron chi connectivity index (χ4n) is 0.726. The maximum absolute atomic E-state index is 12.3. The lowest BCUT2D eigenvalue weighted by molar-refractivity contribution is -0.137. The molecule has 0 fully saturated rings. The molecule has 1 nitrogen and oxygen atoms in total. The SMILES string of the molecule is [O]c1cc(F)cc(C(F)(F)F)c1. The van der Waals surface area contributed by atoms with Gasteiger partial charge in [0.2, 0.25) is 0 Å². The number of benzene rings is 1. The summed E-state index contributed by atoms with van der Waals surface area (Å²) in [6, 6.07) is 1.12. The molecule has 0 aliphatic carbocycles. The van der Waals surface area contributed by atoms with Crippen molar-refractivity contribution in [2.75, 3.05) is 0 Å². The molecule has 0 bridgehead atoms. The van der Waals surface area contributed by atoms with Crippen LogP contribution in [-0.2, 0) is 11.3 Å². The Morgan fingerprint density at radius 1 is 1.08 bits per heavy atom. The predicted octanol–water partition coefficient (Wildman–Crippen LogP) is 2.99. The summed E-state index contributed by atoms with van der Waals surface area (Å²) in [5.74, 6) is -2.16. The Hall–Kier alpha value is -1.26. The Morgan fingerprint density at radius 2 is 1.67 bits per heavy atom. The molecule has 0 saturated heterocycles. The summed E-state index contributed by atoms with van der Waals surface area (Å²) >= 11 is 0. The van der Waals surface area contributed by atoms with E-state index in [1.165, 1.54) is 0 Å². The lowest BCUT2D eigenvalue weighted by Gasteiger charge is -2.05. The van der Waals surface area contributed by atoms with Crippen molar-refractivity contribution in [1.29, 1.82) is 0 Å². The van der Waals surface area contributed by atoms with Gasteiger partial charge in [0.15, 0.2) is 5.75 Å². The summed E-state index contributed by atoms with van der Waals surface area (Å²) in [6.45, 7) is 0. The van der Waals surface area contributed by atoms with Crippen LogP contribution >= 0.6 is 0 Å². The lowest BCUT2D eigenvalue weighted by Crippen LogP contribution is -2.04. The molecule has 0 amide bonds. The normalized spacial score (nSPS) is 11.7. The third kappa shape index (κ3) is 1.87. The van der Waals surface area contributed by atoms with Gasteiger partial charge in [-0.15, -0.1) is 0 Å². The molecule has 0 heterocycles. The molecule has 0 N–H and O–H groups in total. The second-order valence-electron chi connectivity index (χ2n) is 2.17. The summed E-state index contributed by atoms with van der Waals surface area (Å²) in [7, 11) is 0. The number of hydrogen-bond donors (Lipinski definition) is 0. The molecule has 1 aromatic rings. The van der Waals surface area contributed by atoms with Crippen molar-refractivity contribution < 1.29 is 22.7 Å². The average Bonchev–Trinajstić information content (AvgIpc) is 1.82. The van der Waals surface area contributed by atoms with Gasteiger partial charge in [0.1, 0.15) is 5.82 Å². The number of hydrogen-bond acceptors (Lipinski definition) is 0. The number of halogens is 4. The van der Waals surface area contributed by atoms with Gasteiger partial charge in [-0.1, -0.05) is 0 Å². The first-order valence-corrected chi connectivity index (χ1v) is 2.94. The van der Waals surface area contributed by atoms with E-state index in [2.05, 4.69) is 0 Å². The van der Waals surface area contributed by atoms with Crippen LogP contribution in [0.1, 0.15) is 5.56 Å². The van der Waals surface area contributed by atoms with Gasteiger partial charge in [-0.05, 0) is 12.1 Å². The van der Waals surface area contributed by atoms with Crippen LogP contribution in [0.2, 0.25) is 0 Å². The van der Waals surface area contributed by atoms with Crippen molar-refractivity contribution in [3.63, 3.8) is 0 Å². The largest absolute Gasteiger partial charge is 0.416 e. The van der Waals surface area contributed by atoms with Crippen LogP contribution in [0.5, 0.6) is 5.75 Å². The Kier molecular flexibility index (Phi) is 1.95. The van der Waals surface area contributed by atoms with Gasteiger partial charge in [0, 0.05) is 6.07 Å². The quantitative estimate of drug-likeness (QED) is 0.545. The summed E-state index contributed by atoms with van der Waals surface area (Å²) < 4.78 is 47.8. The molecular weight excluding hydrogens is 176 g/mol. The van der Waals surface area contributed by atoms with Crippen molar-refractivity contribution in [3.8, 4) is 5.75 Å². The number of rotatable bonds is 0. The first kappa shape index (κ1) is 8.83. The Labute approximate surface area is 65.3 Å². The first-order chi connectivity index (χ1) is 5.39. The highest BCUT2D eigenvalue weighted by atomic mass is 19.4. The molecule has 1 rings (SSSR count). The van der Waals surface area contributed by atoms with Crippen molar-refractivity contribution in [1.82, 2.24) is 0 Å². The van der Waals surface area contributed by atoms with E-state index in [9.17, 15) is 22.7 Å². The van der Waals surface area contributed by atoms with Crippen LogP contribution in [0.3, 0.4) is 0 Å². The molecule has 0 aliphatic rings. The van der Waals surface area contributed by atoms with Gasteiger partial charge in [-0.2, -0.15) is 13.2 Å². The van der Waals surface area contributed by atoms with Crippen molar-refractivity contribution >= 4 is 0 Å². The Morgan fingerprint density at radius 3 is 2.08 bits per heavy atom. The highest BCUT2D eigenvalue weighted by Gasteiger charge is 2.31. The van der Waals surface area contributed by atoms with Gasteiger partial charge in [0.05, 0.1) is 5.56 Å². The van der Waals surface area contributed by atoms with Crippen molar-refractivity contribution in [3.05, 3.63) is 29.6 Å². The Bertz CT molecular complexity index is 272. The zero-order chi connectivity index (χ0) is 9.35. The fraction of sp³-hybridized carbons (Fsp3) is 0.143. The molecule has 0 unspecified atom stereocenters. The summed E-state index contributed by atoms with van der Waals surface area (Å²) in [4.78, 5) is 0. The van der Waals surface area contributed by atoms with Crippen LogP contribution < -0.4 is 0 Å². The summed E-state index contributed by atoms with van der Waals surface area (Å²) in [5.41, 5.74) is -1.26. The highest BCUT2D eigenvalue weighted by molar-refractivity contribution is 5.29. The van der Waals surface area contributed by atoms with Crippen LogP contribution in [0.15, 0.2) is 18.2 Å². The summed E-state index contributed by atoms with van der Waals surface area (Å²) in [5, 5.41) is 10.4. The van der Waals surface area contributed by atoms with E-state index in [0.29, 0.717) is 12.1 Å². The third-order valence-electron chi connectivity index (χ3n) is 1.20. The average molecular weight is 179 g/mol. The summed E-state index contributed by atoms with van der Waals surface area (Å²) in [6.07, 6.45) is -4.67. The first-order valence-electron chi connectivity index (χ1n) is 2.94. The van der Waals surface area contributed by atoms with E-state index in [0.717, 1.165) is 0 Å². The predicted molar refractivity (Wildman–Crippen MR) is 31.5 cm³/mol. The molecular formula is C7H3F4O. The van der Waals surface area contributed by atoms with E-state index in [-0.39, 0.29) is 6.07 Å². The zero-order valence-electron chi connectivity index (χ0n) is 5.65. The molecule has 0 aromatic heterocycles. The zero-order valence-corrected chi connectivity index (χ0v) is 5.65. The van der Waals surface area contributed by atoms with Crippen molar-refractivity contribution in [2.45, 2.75) is 6.18 Å². The molecule has 5 heteroatoms. The van der Waals surface area contributed by atoms with E-state index in [4.69, 9.17) is 0 Å². The molecule has 0 saturated carbocycles. The Balaban J connectivity index is 3.18. The standard InChI is InChI=1S/C7H3F4O/c8-5-1-4(7(9,10)11)2-6(12)3-5/h1-3H. The smallest absolute Gasteiger partial charge is 0.290 e. The van der Waals surface area contributed by atoms with E-state index >= 15 is 0 Å². The molecule has 0 aliphatic heterocycles. The molecule has 1 radical (unpaired) electrons. The van der Waals surface area contributed by atoms with E-state index in [1.807, 2.05) is 0 Å². The molecule has 0 atom stereocenters. The second-order valence-corrected chi connectivity index (χ2v) is 2.17. The topological polar surface area (TPSA) is 19.9 Å². The minimum Gasteiger partial charge on any atom is -0.290 e. The van der Waals surface area contributed by atoms with Gasteiger partial charge < -0.3 is 0 Å². The van der Waals surface area contributed by atoms with Crippen LogP contribution in [0.4, 0.5) is 17.6 Å². The van der Waals surface area contributed by atoms with Crippen LogP contribution in [0.25, 0.3) is 0 Å². The molecule has 0 spiro atoms. The lowest BCUT2D eigenvalue weighted by atomic mass is 10.2. The molecule has 1 aromatic carbocycles. The van der Waals surface area contributed by atoms with Crippen molar-refractivity contribution in [2.24, 2.45) is 0 Å². The second kappa shape index (κ2) is 2.66. The molecule has 12 heavy (non-hydrogen) atoms. The molecule has 65 valence electrons.